The van der Waals surface area contributed by atoms with E-state index in [2.05, 4.69) is 20.3 Å². The summed E-state index contributed by atoms with van der Waals surface area (Å²) in [6, 6.07) is 7.91. The van der Waals surface area contributed by atoms with E-state index < -0.39 is 0 Å². The topological polar surface area (TPSA) is 59.9 Å². The van der Waals surface area contributed by atoms with Crippen molar-refractivity contribution in [2.45, 2.75) is 30.3 Å². The molecule has 112 valence electrons. The zero-order chi connectivity index (χ0) is 15.1. The van der Waals surface area contributed by atoms with E-state index in [1.165, 1.54) is 11.8 Å². The van der Waals surface area contributed by atoms with Crippen LogP contribution in [0, 0.1) is 0 Å². The molecule has 0 unspecified atom stereocenters. The van der Waals surface area contributed by atoms with E-state index in [9.17, 15) is 0 Å². The Balaban J connectivity index is 2.24. The summed E-state index contributed by atoms with van der Waals surface area (Å²) in [7, 11) is 0. The number of benzene rings is 1. The molecule has 0 saturated carbocycles. The van der Waals surface area contributed by atoms with Crippen molar-refractivity contribution in [2.24, 2.45) is 0 Å². The number of hydrogen-bond acceptors (Lipinski definition) is 6. The molecule has 1 aromatic heterocycles. The van der Waals surface area contributed by atoms with Gasteiger partial charge in [-0.05, 0) is 37.2 Å². The van der Waals surface area contributed by atoms with Crippen LogP contribution in [-0.4, -0.2) is 28.1 Å². The summed E-state index contributed by atoms with van der Waals surface area (Å²) in [5.74, 6) is 0.508. The molecule has 0 bridgehead atoms. The van der Waals surface area contributed by atoms with E-state index in [4.69, 9.17) is 16.3 Å². The van der Waals surface area contributed by atoms with E-state index >= 15 is 0 Å². The predicted molar refractivity (Wildman–Crippen MR) is 85.4 cm³/mol. The van der Waals surface area contributed by atoms with Crippen molar-refractivity contribution >= 4 is 29.3 Å². The molecule has 2 aromatic rings. The number of halogens is 1. The van der Waals surface area contributed by atoms with Gasteiger partial charge in [0, 0.05) is 11.4 Å². The lowest BCUT2D eigenvalue weighted by atomic mass is 10.4. The number of rotatable bonds is 7. The summed E-state index contributed by atoms with van der Waals surface area (Å²) < 4.78 is 5.50. The molecule has 2 rings (SSSR count). The molecule has 0 aliphatic rings. The number of hydrogen-bond donors (Lipinski definition) is 1. The summed E-state index contributed by atoms with van der Waals surface area (Å²) in [6.07, 6.45) is 0.898. The Morgan fingerprint density at radius 2 is 2.00 bits per heavy atom. The summed E-state index contributed by atoms with van der Waals surface area (Å²) in [5, 5.41) is 4.30. The minimum Gasteiger partial charge on any atom is -0.463 e. The average Bonchev–Trinajstić information content (AvgIpc) is 2.48. The molecule has 1 heterocycles. The van der Waals surface area contributed by atoms with Crippen LogP contribution in [-0.2, 0) is 0 Å². The smallest absolute Gasteiger partial charge is 0.322 e. The van der Waals surface area contributed by atoms with Crippen molar-refractivity contribution in [1.29, 1.82) is 0 Å². The first kappa shape index (κ1) is 15.9. The van der Waals surface area contributed by atoms with Gasteiger partial charge in [0.05, 0.1) is 11.6 Å². The van der Waals surface area contributed by atoms with Crippen molar-refractivity contribution in [2.75, 3.05) is 18.5 Å². The van der Waals surface area contributed by atoms with E-state index in [0.717, 1.165) is 17.9 Å². The fraction of sp³-hybridized carbons (Fsp3) is 0.357. The molecule has 0 aliphatic carbocycles. The maximum absolute atomic E-state index is 6.16. The van der Waals surface area contributed by atoms with Crippen molar-refractivity contribution in [1.82, 2.24) is 15.0 Å². The van der Waals surface area contributed by atoms with Gasteiger partial charge >= 0.3 is 6.01 Å². The molecule has 0 spiro atoms. The van der Waals surface area contributed by atoms with Crippen LogP contribution in [0.4, 0.5) is 5.95 Å². The first-order valence-electron chi connectivity index (χ1n) is 6.78. The molecular formula is C14H17ClN4OS. The van der Waals surface area contributed by atoms with Crippen LogP contribution in [0.25, 0.3) is 0 Å². The maximum Gasteiger partial charge on any atom is 0.322 e. The Labute approximate surface area is 133 Å². The van der Waals surface area contributed by atoms with E-state index in [1.54, 1.807) is 0 Å². The first-order chi connectivity index (χ1) is 10.2. The van der Waals surface area contributed by atoms with Gasteiger partial charge in [-0.3, -0.25) is 0 Å². The second-order valence-corrected chi connectivity index (χ2v) is 5.55. The van der Waals surface area contributed by atoms with Gasteiger partial charge in [0.25, 0.3) is 0 Å². The van der Waals surface area contributed by atoms with Crippen LogP contribution in [0.2, 0.25) is 5.02 Å². The van der Waals surface area contributed by atoms with Gasteiger partial charge in [-0.1, -0.05) is 30.7 Å². The largest absolute Gasteiger partial charge is 0.463 e. The molecule has 21 heavy (non-hydrogen) atoms. The highest BCUT2D eigenvalue weighted by Gasteiger charge is 2.10. The van der Waals surface area contributed by atoms with Gasteiger partial charge < -0.3 is 10.1 Å². The summed E-state index contributed by atoms with van der Waals surface area (Å²) in [6.45, 7) is 5.32. The van der Waals surface area contributed by atoms with Crippen LogP contribution >= 0.6 is 23.4 Å². The standard InChI is InChI=1S/C14H17ClN4OS/c1-3-9-20-13-17-12(16-4-2)18-14(19-13)21-11-8-6-5-7-10(11)15/h5-8H,3-4,9H2,1-2H3,(H,16,17,18,19). The van der Waals surface area contributed by atoms with Gasteiger partial charge in [-0.25, -0.2) is 0 Å². The van der Waals surface area contributed by atoms with Crippen LogP contribution in [0.5, 0.6) is 6.01 Å². The fourth-order valence-electron chi connectivity index (χ4n) is 1.50. The predicted octanol–water partition coefficient (Wildman–Crippen LogP) is 3.90. The summed E-state index contributed by atoms with van der Waals surface area (Å²) in [4.78, 5) is 13.8. The Morgan fingerprint density at radius 1 is 1.19 bits per heavy atom. The third-order valence-electron chi connectivity index (χ3n) is 2.40. The number of nitrogens with zero attached hydrogens (tertiary/aromatic N) is 3. The molecule has 0 fully saturated rings. The van der Waals surface area contributed by atoms with Gasteiger partial charge in [-0.15, -0.1) is 0 Å². The molecule has 1 aromatic carbocycles. The molecule has 5 nitrogen and oxygen atoms in total. The fourth-order valence-corrected chi connectivity index (χ4v) is 2.52. The Bertz CT molecular complexity index is 597. The average molecular weight is 325 g/mol. The van der Waals surface area contributed by atoms with Gasteiger partial charge in [-0.2, -0.15) is 15.0 Å². The molecule has 0 amide bonds. The lowest BCUT2D eigenvalue weighted by Gasteiger charge is -2.08. The summed E-state index contributed by atoms with van der Waals surface area (Å²) in [5.41, 5.74) is 0. The van der Waals surface area contributed by atoms with E-state index in [-0.39, 0.29) is 0 Å². The normalized spacial score (nSPS) is 10.4. The zero-order valence-electron chi connectivity index (χ0n) is 12.0. The third kappa shape index (κ3) is 4.75. The number of ether oxygens (including phenoxy) is 1. The molecule has 0 aliphatic heterocycles. The molecule has 7 heteroatoms. The molecule has 0 radical (unpaired) electrons. The third-order valence-corrected chi connectivity index (χ3v) is 3.79. The van der Waals surface area contributed by atoms with Crippen molar-refractivity contribution < 1.29 is 4.74 Å². The first-order valence-corrected chi connectivity index (χ1v) is 7.97. The number of aromatic nitrogens is 3. The highest BCUT2D eigenvalue weighted by molar-refractivity contribution is 7.99. The quantitative estimate of drug-likeness (QED) is 0.833. The molecule has 1 N–H and O–H groups in total. The lowest BCUT2D eigenvalue weighted by molar-refractivity contribution is 0.288. The SMILES string of the molecule is CCCOc1nc(NCC)nc(Sc2ccccc2Cl)n1. The second kappa shape index (κ2) is 8.05. The minimum atomic E-state index is 0.331. The van der Waals surface area contributed by atoms with Gasteiger partial charge in [0.15, 0.2) is 0 Å². The van der Waals surface area contributed by atoms with Crippen molar-refractivity contribution in [3.8, 4) is 6.01 Å². The van der Waals surface area contributed by atoms with Crippen LogP contribution < -0.4 is 10.1 Å². The lowest BCUT2D eigenvalue weighted by Crippen LogP contribution is -2.07. The van der Waals surface area contributed by atoms with E-state index in [1.807, 2.05) is 38.1 Å². The number of anilines is 1. The van der Waals surface area contributed by atoms with E-state index in [0.29, 0.717) is 28.7 Å². The molecular weight excluding hydrogens is 308 g/mol. The van der Waals surface area contributed by atoms with Crippen LogP contribution in [0.1, 0.15) is 20.3 Å². The highest BCUT2D eigenvalue weighted by Crippen LogP contribution is 2.31. The minimum absolute atomic E-state index is 0.331. The Morgan fingerprint density at radius 3 is 2.71 bits per heavy atom. The monoisotopic (exact) mass is 324 g/mol. The summed E-state index contributed by atoms with van der Waals surface area (Å²) >= 11 is 7.55. The zero-order valence-corrected chi connectivity index (χ0v) is 13.5. The Kier molecular flexibility index (Phi) is 6.07. The van der Waals surface area contributed by atoms with Crippen molar-refractivity contribution in [3.05, 3.63) is 29.3 Å². The second-order valence-electron chi connectivity index (χ2n) is 4.14. The maximum atomic E-state index is 6.16. The van der Waals surface area contributed by atoms with Crippen molar-refractivity contribution in [3.63, 3.8) is 0 Å². The number of nitrogens with one attached hydrogen (secondary N) is 1. The van der Waals surface area contributed by atoms with Crippen LogP contribution in [0.3, 0.4) is 0 Å². The van der Waals surface area contributed by atoms with Crippen LogP contribution in [0.15, 0.2) is 34.3 Å². The highest BCUT2D eigenvalue weighted by atomic mass is 35.5. The molecule has 0 atom stereocenters. The molecule has 0 saturated heterocycles. The Hall–Kier alpha value is -1.53. The van der Waals surface area contributed by atoms with Gasteiger partial charge in [0.2, 0.25) is 11.1 Å². The van der Waals surface area contributed by atoms with Gasteiger partial charge in [0.1, 0.15) is 0 Å².